The van der Waals surface area contributed by atoms with Gasteiger partial charge in [-0.15, -0.1) is 0 Å². The van der Waals surface area contributed by atoms with Gasteiger partial charge in [0.2, 0.25) is 0 Å². The summed E-state index contributed by atoms with van der Waals surface area (Å²) < 4.78 is 5.24. The van der Waals surface area contributed by atoms with Crippen LogP contribution >= 0.6 is 0 Å². The van der Waals surface area contributed by atoms with E-state index in [2.05, 4.69) is 19.2 Å². The van der Waals surface area contributed by atoms with E-state index in [-0.39, 0.29) is 30.8 Å². The van der Waals surface area contributed by atoms with E-state index in [1.165, 1.54) is 0 Å². The Hall–Kier alpha value is -0.940. The largest absolute Gasteiger partial charge is 0.460 e. The van der Waals surface area contributed by atoms with Crippen molar-refractivity contribution in [3.8, 4) is 0 Å². The number of aliphatic hydroxyl groups is 1. The average Bonchev–Trinajstić information content (AvgIpc) is 2.40. The van der Waals surface area contributed by atoms with Gasteiger partial charge in [0.05, 0.1) is 6.42 Å². The molecule has 0 aliphatic heterocycles. The lowest BCUT2D eigenvalue weighted by Gasteiger charge is -2.21. The molecule has 0 aliphatic rings. The fraction of sp³-hybridized carbons (Fsp3) is 0.889. The molecule has 0 saturated heterocycles. The van der Waals surface area contributed by atoms with Crippen LogP contribution in [0, 0.1) is 17.8 Å². The Balaban J connectivity index is 0. The molecule has 0 amide bonds. The summed E-state index contributed by atoms with van der Waals surface area (Å²) in [6.07, 6.45) is 2.00. The predicted octanol–water partition coefficient (Wildman–Crippen LogP) is 2.80. The van der Waals surface area contributed by atoms with Crippen LogP contribution in [0.3, 0.4) is 0 Å². The van der Waals surface area contributed by atoms with Crippen molar-refractivity contribution in [1.82, 2.24) is 5.32 Å². The highest BCUT2D eigenvalue weighted by molar-refractivity contribution is 5.70. The molecule has 0 aromatic rings. The first-order chi connectivity index (χ1) is 10.5. The number of nitrogens with one attached hydrogen (secondary N) is 1. The number of carbonyl (C=O) groups is 2. The zero-order valence-corrected chi connectivity index (χ0v) is 16.0. The highest BCUT2D eigenvalue weighted by atomic mass is 16.6. The van der Waals surface area contributed by atoms with Crippen LogP contribution in [0.2, 0.25) is 0 Å². The summed E-state index contributed by atoms with van der Waals surface area (Å²) in [6.45, 7) is 15.4. The van der Waals surface area contributed by atoms with Crippen LogP contribution in [0.15, 0.2) is 0 Å². The molecular weight excluding hydrogens is 294 g/mol. The molecule has 0 saturated carbocycles. The Morgan fingerprint density at radius 3 is 2.09 bits per heavy atom. The topological polar surface area (TPSA) is 75.6 Å². The van der Waals surface area contributed by atoms with E-state index in [0.29, 0.717) is 5.92 Å². The van der Waals surface area contributed by atoms with E-state index in [1.807, 2.05) is 34.6 Å². The molecule has 0 spiro atoms. The lowest BCUT2D eigenvalue weighted by atomic mass is 10.0. The standard InChI is InChI=1S/C14H29NO3.C4H8O/c1-11(2)9-15-7-6-12(10-16)8-13(17)18-14(3,4)5;1-4(2)3-5/h11-12,15-16H,6-10H2,1-5H3;3-4H,1-2H3/t12-;/m1./s1. The number of ether oxygens (including phenoxy) is 1. The number of carbonyl (C=O) groups excluding carboxylic acids is 2. The first-order valence-corrected chi connectivity index (χ1v) is 8.50. The van der Waals surface area contributed by atoms with Gasteiger partial charge < -0.3 is 20.0 Å². The molecule has 0 radical (unpaired) electrons. The first-order valence-electron chi connectivity index (χ1n) is 8.50. The minimum atomic E-state index is -0.451. The summed E-state index contributed by atoms with van der Waals surface area (Å²) in [5.74, 6) is 0.573. The van der Waals surface area contributed by atoms with Crippen molar-refractivity contribution in [3.63, 3.8) is 0 Å². The van der Waals surface area contributed by atoms with Crippen molar-refractivity contribution in [1.29, 1.82) is 0 Å². The summed E-state index contributed by atoms with van der Waals surface area (Å²) in [6, 6.07) is 0. The van der Waals surface area contributed by atoms with Gasteiger partial charge in [0.15, 0.2) is 0 Å². The van der Waals surface area contributed by atoms with Gasteiger partial charge in [-0.05, 0) is 52.1 Å². The smallest absolute Gasteiger partial charge is 0.306 e. The summed E-state index contributed by atoms with van der Waals surface area (Å²) in [5.41, 5.74) is -0.451. The molecule has 0 aromatic carbocycles. The zero-order chi connectivity index (χ0) is 18.5. The van der Waals surface area contributed by atoms with Crippen molar-refractivity contribution in [3.05, 3.63) is 0 Å². The van der Waals surface area contributed by atoms with Crippen molar-refractivity contribution >= 4 is 12.3 Å². The Morgan fingerprint density at radius 1 is 1.22 bits per heavy atom. The second-order valence-electron chi connectivity index (χ2n) is 7.61. The Kier molecular flexibility index (Phi) is 14.3. The van der Waals surface area contributed by atoms with Gasteiger partial charge in [0, 0.05) is 12.5 Å². The molecule has 0 heterocycles. The number of hydrogen-bond acceptors (Lipinski definition) is 5. The van der Waals surface area contributed by atoms with Crippen molar-refractivity contribution in [2.75, 3.05) is 19.7 Å². The molecule has 0 bridgehead atoms. The second-order valence-corrected chi connectivity index (χ2v) is 7.61. The number of esters is 1. The van der Waals surface area contributed by atoms with Crippen LogP contribution in [-0.4, -0.2) is 42.7 Å². The molecule has 0 aliphatic carbocycles. The fourth-order valence-corrected chi connectivity index (χ4v) is 1.57. The summed E-state index contributed by atoms with van der Waals surface area (Å²) in [4.78, 5) is 21.1. The van der Waals surface area contributed by atoms with Crippen LogP contribution in [0.25, 0.3) is 0 Å². The first kappa shape index (κ1) is 24.3. The third-order valence-electron chi connectivity index (χ3n) is 2.69. The van der Waals surface area contributed by atoms with E-state index < -0.39 is 5.60 Å². The van der Waals surface area contributed by atoms with E-state index in [0.717, 1.165) is 25.8 Å². The van der Waals surface area contributed by atoms with Crippen LogP contribution in [0.5, 0.6) is 0 Å². The van der Waals surface area contributed by atoms with Crippen LogP contribution < -0.4 is 5.32 Å². The molecule has 0 aromatic heterocycles. The van der Waals surface area contributed by atoms with Crippen molar-refractivity contribution in [2.24, 2.45) is 17.8 Å². The molecule has 23 heavy (non-hydrogen) atoms. The minimum Gasteiger partial charge on any atom is -0.460 e. The molecule has 0 unspecified atom stereocenters. The van der Waals surface area contributed by atoms with Crippen LogP contribution in [0.4, 0.5) is 0 Å². The Morgan fingerprint density at radius 2 is 1.74 bits per heavy atom. The van der Waals surface area contributed by atoms with Gasteiger partial charge in [0.25, 0.3) is 0 Å². The summed E-state index contributed by atoms with van der Waals surface area (Å²) >= 11 is 0. The minimum absolute atomic E-state index is 0.0143. The molecule has 5 heteroatoms. The van der Waals surface area contributed by atoms with Crippen molar-refractivity contribution in [2.45, 2.75) is 66.9 Å². The SMILES string of the molecule is CC(C)C=O.CC(C)CNCC[C@@H](CO)CC(=O)OC(C)(C)C. The number of aldehydes is 1. The molecular formula is C18H37NO4. The molecule has 1 atom stereocenters. The van der Waals surface area contributed by atoms with Crippen LogP contribution in [0.1, 0.15) is 61.3 Å². The van der Waals surface area contributed by atoms with Crippen molar-refractivity contribution < 1.29 is 19.4 Å². The van der Waals surface area contributed by atoms with E-state index in [1.54, 1.807) is 0 Å². The van der Waals surface area contributed by atoms with Gasteiger partial charge in [-0.25, -0.2) is 0 Å². The number of rotatable bonds is 9. The quantitative estimate of drug-likeness (QED) is 0.386. The number of aliphatic hydroxyl groups excluding tert-OH is 1. The van der Waals surface area contributed by atoms with Crippen LogP contribution in [-0.2, 0) is 14.3 Å². The molecule has 5 nitrogen and oxygen atoms in total. The Labute approximate surface area is 142 Å². The number of hydrogen-bond donors (Lipinski definition) is 2. The maximum Gasteiger partial charge on any atom is 0.306 e. The van der Waals surface area contributed by atoms with E-state index >= 15 is 0 Å². The maximum atomic E-state index is 11.6. The lowest BCUT2D eigenvalue weighted by molar-refractivity contribution is -0.156. The summed E-state index contributed by atoms with van der Waals surface area (Å²) in [5, 5.41) is 12.6. The predicted molar refractivity (Wildman–Crippen MR) is 94.3 cm³/mol. The maximum absolute atomic E-state index is 11.6. The highest BCUT2D eigenvalue weighted by Gasteiger charge is 2.19. The van der Waals surface area contributed by atoms with Gasteiger partial charge >= 0.3 is 5.97 Å². The second kappa shape index (κ2) is 13.5. The monoisotopic (exact) mass is 331 g/mol. The van der Waals surface area contributed by atoms with E-state index in [9.17, 15) is 14.7 Å². The molecule has 2 N–H and O–H groups in total. The molecule has 138 valence electrons. The highest BCUT2D eigenvalue weighted by Crippen LogP contribution is 2.13. The van der Waals surface area contributed by atoms with Gasteiger partial charge in [-0.1, -0.05) is 27.7 Å². The summed E-state index contributed by atoms with van der Waals surface area (Å²) in [7, 11) is 0. The third kappa shape index (κ3) is 21.1. The van der Waals surface area contributed by atoms with Gasteiger partial charge in [-0.3, -0.25) is 4.79 Å². The average molecular weight is 331 g/mol. The Bertz CT molecular complexity index is 309. The third-order valence-corrected chi connectivity index (χ3v) is 2.69. The van der Waals surface area contributed by atoms with Gasteiger partial charge in [-0.2, -0.15) is 0 Å². The lowest BCUT2D eigenvalue weighted by Crippen LogP contribution is -2.28. The molecule has 0 fully saturated rings. The fourth-order valence-electron chi connectivity index (χ4n) is 1.57. The van der Waals surface area contributed by atoms with E-state index in [4.69, 9.17) is 4.74 Å². The van der Waals surface area contributed by atoms with Gasteiger partial charge in [0.1, 0.15) is 11.9 Å². The zero-order valence-electron chi connectivity index (χ0n) is 16.0. The normalized spacial score (nSPS) is 12.6. The molecule has 0 rings (SSSR count).